The van der Waals surface area contributed by atoms with Crippen molar-refractivity contribution in [2.75, 3.05) is 26.2 Å². The van der Waals surface area contributed by atoms with E-state index in [0.29, 0.717) is 18.6 Å². The molecule has 0 saturated carbocycles. The average Bonchev–Trinajstić information content (AvgIpc) is 2.66. The first-order valence-electron chi connectivity index (χ1n) is 9.44. The van der Waals surface area contributed by atoms with Crippen molar-refractivity contribution in [2.45, 2.75) is 32.9 Å². The molecule has 0 bridgehead atoms. The topological polar surface area (TPSA) is 24.5 Å². The summed E-state index contributed by atoms with van der Waals surface area (Å²) in [6.45, 7) is 9.68. The molecule has 1 fully saturated rings. The Labute approximate surface area is 176 Å². The zero-order chi connectivity index (χ0) is 17.5. The maximum Gasteiger partial charge on any atom is 0.119 e. The molecule has 3 rings (SSSR count). The molecular formula is C22H32Cl2N2O. The predicted octanol–water partition coefficient (Wildman–Crippen LogP) is 5.10. The predicted molar refractivity (Wildman–Crippen MR) is 118 cm³/mol. The van der Waals surface area contributed by atoms with Crippen molar-refractivity contribution in [3.8, 4) is 5.75 Å². The molecule has 3 nitrogen and oxygen atoms in total. The molecule has 1 N–H and O–H groups in total. The fourth-order valence-corrected chi connectivity index (χ4v) is 3.46. The number of hydrogen-bond donors (Lipinski definition) is 1. The Bertz CT molecular complexity index is 629. The van der Waals surface area contributed by atoms with Gasteiger partial charge in [-0.15, -0.1) is 24.8 Å². The highest BCUT2D eigenvalue weighted by Gasteiger charge is 2.22. The first-order chi connectivity index (χ1) is 12.2. The van der Waals surface area contributed by atoms with Gasteiger partial charge in [-0.25, -0.2) is 0 Å². The van der Waals surface area contributed by atoms with Gasteiger partial charge in [-0.3, -0.25) is 4.90 Å². The number of benzene rings is 2. The monoisotopic (exact) mass is 410 g/mol. The standard InChI is InChI=1S/C22H30N2O.2ClH/c1-18(2)16-22(24-14-12-23-13-15-24)20-8-10-21(11-9-20)25-17-19-6-4-3-5-7-19;;/h3-11,18,22-23H,12-17H2,1-2H3;2*1H/t22-;;/m1../s1. The van der Waals surface area contributed by atoms with Gasteiger partial charge in [0.25, 0.3) is 0 Å². The first-order valence-corrected chi connectivity index (χ1v) is 9.44. The van der Waals surface area contributed by atoms with Crippen molar-refractivity contribution in [2.24, 2.45) is 5.92 Å². The summed E-state index contributed by atoms with van der Waals surface area (Å²) < 4.78 is 5.93. The van der Waals surface area contributed by atoms with Crippen LogP contribution in [0, 0.1) is 5.92 Å². The summed E-state index contributed by atoms with van der Waals surface area (Å²) in [5.74, 6) is 1.63. The lowest BCUT2D eigenvalue weighted by Gasteiger charge is -2.36. The van der Waals surface area contributed by atoms with Crippen molar-refractivity contribution in [3.63, 3.8) is 0 Å². The third-order valence-electron chi connectivity index (χ3n) is 4.80. The Balaban J connectivity index is 0.00000182. The molecule has 1 heterocycles. The van der Waals surface area contributed by atoms with Crippen molar-refractivity contribution in [3.05, 3.63) is 65.7 Å². The van der Waals surface area contributed by atoms with Crippen LogP contribution in [0.3, 0.4) is 0 Å². The van der Waals surface area contributed by atoms with Crippen molar-refractivity contribution in [1.82, 2.24) is 10.2 Å². The third kappa shape index (κ3) is 7.34. The Hall–Kier alpha value is -1.26. The minimum absolute atomic E-state index is 0. The van der Waals surface area contributed by atoms with E-state index in [1.165, 1.54) is 17.5 Å². The molecule has 1 saturated heterocycles. The number of ether oxygens (including phenoxy) is 1. The van der Waals surface area contributed by atoms with Gasteiger partial charge in [0.15, 0.2) is 0 Å². The maximum atomic E-state index is 5.93. The van der Waals surface area contributed by atoms with Gasteiger partial charge in [-0.1, -0.05) is 56.3 Å². The molecule has 1 aliphatic heterocycles. The van der Waals surface area contributed by atoms with E-state index in [9.17, 15) is 0 Å². The van der Waals surface area contributed by atoms with E-state index in [2.05, 4.69) is 60.5 Å². The summed E-state index contributed by atoms with van der Waals surface area (Å²) in [7, 11) is 0. The van der Waals surface area contributed by atoms with Gasteiger partial charge in [0.1, 0.15) is 12.4 Å². The summed E-state index contributed by atoms with van der Waals surface area (Å²) in [4.78, 5) is 2.62. The zero-order valence-electron chi connectivity index (χ0n) is 16.3. The molecule has 27 heavy (non-hydrogen) atoms. The van der Waals surface area contributed by atoms with E-state index in [1.807, 2.05) is 18.2 Å². The minimum Gasteiger partial charge on any atom is -0.489 e. The second kappa shape index (κ2) is 12.2. The summed E-state index contributed by atoms with van der Waals surface area (Å²) in [5, 5.41) is 3.45. The highest BCUT2D eigenvalue weighted by molar-refractivity contribution is 5.85. The summed E-state index contributed by atoms with van der Waals surface area (Å²) in [6, 6.07) is 19.5. The fourth-order valence-electron chi connectivity index (χ4n) is 3.46. The van der Waals surface area contributed by atoms with Crippen LogP contribution in [0.2, 0.25) is 0 Å². The number of nitrogens with zero attached hydrogens (tertiary/aromatic N) is 1. The van der Waals surface area contributed by atoms with Crippen LogP contribution >= 0.6 is 24.8 Å². The van der Waals surface area contributed by atoms with Crippen LogP contribution in [-0.4, -0.2) is 31.1 Å². The quantitative estimate of drug-likeness (QED) is 0.686. The number of piperazine rings is 1. The highest BCUT2D eigenvalue weighted by Crippen LogP contribution is 2.29. The van der Waals surface area contributed by atoms with Crippen LogP contribution < -0.4 is 10.1 Å². The van der Waals surface area contributed by atoms with Crippen LogP contribution in [0.15, 0.2) is 54.6 Å². The molecule has 0 amide bonds. The molecule has 2 aromatic rings. The average molecular weight is 411 g/mol. The SMILES string of the molecule is CC(C)C[C@H](c1ccc(OCc2ccccc2)cc1)N1CCNCC1.Cl.Cl. The van der Waals surface area contributed by atoms with Gasteiger partial charge < -0.3 is 10.1 Å². The largest absolute Gasteiger partial charge is 0.489 e. The lowest BCUT2D eigenvalue weighted by atomic mass is 9.95. The number of hydrogen-bond acceptors (Lipinski definition) is 3. The van der Waals surface area contributed by atoms with E-state index >= 15 is 0 Å². The molecule has 1 aliphatic rings. The number of rotatable bonds is 7. The van der Waals surface area contributed by atoms with Gasteiger partial charge in [0, 0.05) is 32.2 Å². The van der Waals surface area contributed by atoms with Crippen molar-refractivity contribution >= 4 is 24.8 Å². The number of nitrogens with one attached hydrogen (secondary N) is 1. The van der Waals surface area contributed by atoms with Gasteiger partial charge in [0.05, 0.1) is 0 Å². The van der Waals surface area contributed by atoms with Gasteiger partial charge in [-0.2, -0.15) is 0 Å². The summed E-state index contributed by atoms with van der Waals surface area (Å²) in [6.07, 6.45) is 1.20. The normalized spacial score (nSPS) is 15.5. The van der Waals surface area contributed by atoms with Gasteiger partial charge in [-0.05, 0) is 35.6 Å². The van der Waals surface area contributed by atoms with Crippen molar-refractivity contribution < 1.29 is 4.74 Å². The molecule has 1 atom stereocenters. The molecule has 0 spiro atoms. The van der Waals surface area contributed by atoms with E-state index in [4.69, 9.17) is 4.74 Å². The molecular weight excluding hydrogens is 379 g/mol. The van der Waals surface area contributed by atoms with Crippen LogP contribution in [0.4, 0.5) is 0 Å². The minimum atomic E-state index is 0. The zero-order valence-corrected chi connectivity index (χ0v) is 17.9. The molecule has 0 radical (unpaired) electrons. The molecule has 2 aromatic carbocycles. The Kier molecular flexibility index (Phi) is 10.8. The third-order valence-corrected chi connectivity index (χ3v) is 4.80. The second-order valence-electron chi connectivity index (χ2n) is 7.27. The van der Waals surface area contributed by atoms with Crippen LogP contribution in [0.25, 0.3) is 0 Å². The van der Waals surface area contributed by atoms with E-state index in [1.54, 1.807) is 0 Å². The lowest BCUT2D eigenvalue weighted by Crippen LogP contribution is -2.45. The maximum absolute atomic E-state index is 5.93. The Morgan fingerprint density at radius 3 is 2.15 bits per heavy atom. The Morgan fingerprint density at radius 1 is 0.926 bits per heavy atom. The molecule has 0 unspecified atom stereocenters. The second-order valence-corrected chi connectivity index (χ2v) is 7.27. The molecule has 150 valence electrons. The van der Waals surface area contributed by atoms with E-state index in [-0.39, 0.29) is 24.8 Å². The first kappa shape index (κ1) is 23.8. The van der Waals surface area contributed by atoms with Crippen LogP contribution in [0.1, 0.15) is 37.4 Å². The van der Waals surface area contributed by atoms with Gasteiger partial charge >= 0.3 is 0 Å². The smallest absolute Gasteiger partial charge is 0.119 e. The van der Waals surface area contributed by atoms with E-state index < -0.39 is 0 Å². The number of halogens is 2. The molecule has 0 aromatic heterocycles. The van der Waals surface area contributed by atoms with E-state index in [0.717, 1.165) is 31.9 Å². The summed E-state index contributed by atoms with van der Waals surface area (Å²) in [5.41, 5.74) is 2.60. The van der Waals surface area contributed by atoms with Crippen molar-refractivity contribution in [1.29, 1.82) is 0 Å². The van der Waals surface area contributed by atoms with Crippen LogP contribution in [-0.2, 0) is 6.61 Å². The van der Waals surface area contributed by atoms with Crippen LogP contribution in [0.5, 0.6) is 5.75 Å². The molecule has 5 heteroatoms. The highest BCUT2D eigenvalue weighted by atomic mass is 35.5. The fraction of sp³-hybridized carbons (Fsp3) is 0.455. The summed E-state index contributed by atoms with van der Waals surface area (Å²) >= 11 is 0. The molecule has 0 aliphatic carbocycles. The lowest BCUT2D eigenvalue weighted by molar-refractivity contribution is 0.154. The Morgan fingerprint density at radius 2 is 1.56 bits per heavy atom. The van der Waals surface area contributed by atoms with Gasteiger partial charge in [0.2, 0.25) is 0 Å².